The Hall–Kier alpha value is -1.65. The molecule has 1 saturated carbocycles. The van der Waals surface area contributed by atoms with Gasteiger partial charge in [0, 0.05) is 18.4 Å². The third-order valence-electron chi connectivity index (χ3n) is 4.33. The maximum atomic E-state index is 12.6. The first-order valence-corrected chi connectivity index (χ1v) is 7.62. The van der Waals surface area contributed by atoms with E-state index in [1.165, 1.54) is 0 Å². The van der Waals surface area contributed by atoms with E-state index in [2.05, 4.69) is 16.9 Å². The van der Waals surface area contributed by atoms with E-state index in [1.54, 1.807) is 18.5 Å². The van der Waals surface area contributed by atoms with E-state index >= 15 is 0 Å². The normalized spacial score (nSPS) is 31.5. The molecule has 5 nitrogen and oxygen atoms in total. The number of ether oxygens (including phenoxy) is 1. The van der Waals surface area contributed by atoms with E-state index in [-0.39, 0.29) is 17.7 Å². The van der Waals surface area contributed by atoms with Crippen molar-refractivity contribution in [3.63, 3.8) is 0 Å². The molecule has 0 radical (unpaired) electrons. The SMILES string of the molecule is C[C@@H]1CC2CC(c3ncccn3)(C1)N2C(=O)OC(C)(C)C. The third kappa shape index (κ3) is 2.39. The number of rotatable bonds is 1. The van der Waals surface area contributed by atoms with Gasteiger partial charge in [0.25, 0.3) is 0 Å². The molecule has 0 aromatic carbocycles. The number of hydrogen-bond donors (Lipinski definition) is 0. The van der Waals surface area contributed by atoms with Crippen molar-refractivity contribution in [2.75, 3.05) is 0 Å². The summed E-state index contributed by atoms with van der Waals surface area (Å²) in [5.74, 6) is 1.32. The van der Waals surface area contributed by atoms with Crippen molar-refractivity contribution in [2.45, 2.75) is 64.1 Å². The quantitative estimate of drug-likeness (QED) is 0.797. The Balaban J connectivity index is 1.91. The van der Waals surface area contributed by atoms with Crippen LogP contribution >= 0.6 is 0 Å². The van der Waals surface area contributed by atoms with Crippen LogP contribution in [0.2, 0.25) is 0 Å². The number of fused-ring (bicyclic) bond motifs is 2. The first kappa shape index (κ1) is 14.3. The topological polar surface area (TPSA) is 55.3 Å². The molecule has 3 heterocycles. The molecule has 2 bridgehead atoms. The molecule has 1 aromatic heterocycles. The summed E-state index contributed by atoms with van der Waals surface area (Å²) in [5, 5.41) is 0. The summed E-state index contributed by atoms with van der Waals surface area (Å²) < 4.78 is 5.59. The van der Waals surface area contributed by atoms with E-state index in [0.717, 1.165) is 25.1 Å². The van der Waals surface area contributed by atoms with Gasteiger partial charge in [-0.1, -0.05) is 6.92 Å². The number of aromatic nitrogens is 2. The highest BCUT2D eigenvalue weighted by atomic mass is 16.6. The molecule has 3 atom stereocenters. The third-order valence-corrected chi connectivity index (χ3v) is 4.33. The van der Waals surface area contributed by atoms with Crippen LogP contribution in [0.4, 0.5) is 4.79 Å². The number of amides is 1. The average molecular weight is 289 g/mol. The van der Waals surface area contributed by atoms with Gasteiger partial charge in [-0.05, 0) is 52.0 Å². The summed E-state index contributed by atoms with van der Waals surface area (Å²) in [6, 6.07) is 2.06. The van der Waals surface area contributed by atoms with Crippen molar-refractivity contribution >= 4 is 6.09 Å². The predicted octanol–water partition coefficient (Wildman–Crippen LogP) is 3.11. The van der Waals surface area contributed by atoms with Gasteiger partial charge in [0.2, 0.25) is 0 Å². The van der Waals surface area contributed by atoms with Crippen molar-refractivity contribution in [3.05, 3.63) is 24.3 Å². The molecule has 1 aliphatic carbocycles. The Morgan fingerprint density at radius 1 is 1.33 bits per heavy atom. The number of piperidine rings is 1. The first-order chi connectivity index (χ1) is 9.82. The summed E-state index contributed by atoms with van der Waals surface area (Å²) in [6.45, 7) is 7.93. The lowest BCUT2D eigenvalue weighted by atomic mass is 9.64. The van der Waals surface area contributed by atoms with Crippen LogP contribution < -0.4 is 0 Å². The molecular formula is C16H23N3O2. The fraction of sp³-hybridized carbons (Fsp3) is 0.688. The minimum Gasteiger partial charge on any atom is -0.444 e. The first-order valence-electron chi connectivity index (χ1n) is 7.62. The molecule has 2 saturated heterocycles. The molecule has 21 heavy (non-hydrogen) atoms. The van der Waals surface area contributed by atoms with Crippen LogP contribution in [0.5, 0.6) is 0 Å². The lowest BCUT2D eigenvalue weighted by molar-refractivity contribution is -0.132. The van der Waals surface area contributed by atoms with Crippen molar-refractivity contribution in [2.24, 2.45) is 5.92 Å². The van der Waals surface area contributed by atoms with Crippen molar-refractivity contribution in [3.8, 4) is 0 Å². The smallest absolute Gasteiger partial charge is 0.411 e. The van der Waals surface area contributed by atoms with Gasteiger partial charge in [-0.2, -0.15) is 0 Å². The van der Waals surface area contributed by atoms with Gasteiger partial charge < -0.3 is 4.74 Å². The Morgan fingerprint density at radius 3 is 2.62 bits per heavy atom. The minimum absolute atomic E-state index is 0.238. The van der Waals surface area contributed by atoms with Crippen LogP contribution in [0.1, 0.15) is 52.8 Å². The molecule has 3 aliphatic rings. The van der Waals surface area contributed by atoms with Crippen LogP contribution in [0.15, 0.2) is 18.5 Å². The fourth-order valence-corrected chi connectivity index (χ4v) is 3.78. The lowest BCUT2D eigenvalue weighted by Gasteiger charge is -2.61. The number of carbonyl (C=O) groups excluding carboxylic acids is 1. The zero-order chi connectivity index (χ0) is 15.3. The number of carbonyl (C=O) groups is 1. The van der Waals surface area contributed by atoms with Gasteiger partial charge >= 0.3 is 6.09 Å². The minimum atomic E-state index is -0.481. The molecule has 0 spiro atoms. The van der Waals surface area contributed by atoms with Crippen molar-refractivity contribution in [1.29, 1.82) is 0 Å². The predicted molar refractivity (Wildman–Crippen MR) is 78.6 cm³/mol. The molecule has 2 unspecified atom stereocenters. The van der Waals surface area contributed by atoms with Gasteiger partial charge in [-0.25, -0.2) is 14.8 Å². The molecule has 4 rings (SSSR count). The van der Waals surface area contributed by atoms with Gasteiger partial charge in [-0.15, -0.1) is 0 Å². The molecule has 1 aromatic rings. The van der Waals surface area contributed by atoms with Crippen LogP contribution in [0, 0.1) is 5.92 Å². The largest absolute Gasteiger partial charge is 0.444 e. The van der Waals surface area contributed by atoms with Crippen molar-refractivity contribution in [1.82, 2.24) is 14.9 Å². The maximum Gasteiger partial charge on any atom is 0.411 e. The van der Waals surface area contributed by atoms with E-state index in [0.29, 0.717) is 5.92 Å². The molecule has 2 aliphatic heterocycles. The highest BCUT2D eigenvalue weighted by molar-refractivity contribution is 5.71. The summed E-state index contributed by atoms with van der Waals surface area (Å²) in [5.41, 5.74) is -0.850. The Bertz CT molecular complexity index is 540. The van der Waals surface area contributed by atoms with E-state index in [9.17, 15) is 4.79 Å². The summed E-state index contributed by atoms with van der Waals surface area (Å²) >= 11 is 0. The number of nitrogens with zero attached hydrogens (tertiary/aromatic N) is 3. The highest BCUT2D eigenvalue weighted by Gasteiger charge is 2.61. The van der Waals surface area contributed by atoms with Crippen LogP contribution in [0.25, 0.3) is 0 Å². The maximum absolute atomic E-state index is 12.6. The second-order valence-corrected chi connectivity index (χ2v) is 7.36. The van der Waals surface area contributed by atoms with Crippen LogP contribution in [0.3, 0.4) is 0 Å². The monoisotopic (exact) mass is 289 g/mol. The van der Waals surface area contributed by atoms with Crippen LogP contribution in [-0.4, -0.2) is 32.6 Å². The van der Waals surface area contributed by atoms with E-state index < -0.39 is 5.60 Å². The van der Waals surface area contributed by atoms with Gasteiger partial charge in [0.1, 0.15) is 11.1 Å². The standard InChI is InChI=1S/C16H23N3O2/c1-11-8-12-10-16(9-11,13-17-6-5-7-18-13)19(12)14(20)21-15(2,3)4/h5-7,11-12H,8-10H2,1-4H3/t11-,12?,16?/m1/s1. The summed E-state index contributed by atoms with van der Waals surface area (Å²) in [6.07, 6.45) is 6.15. The summed E-state index contributed by atoms with van der Waals surface area (Å²) in [4.78, 5) is 23.3. The second kappa shape index (κ2) is 4.68. The Kier molecular flexibility index (Phi) is 3.19. The fourth-order valence-electron chi connectivity index (χ4n) is 3.78. The van der Waals surface area contributed by atoms with Crippen molar-refractivity contribution < 1.29 is 9.53 Å². The zero-order valence-corrected chi connectivity index (χ0v) is 13.2. The molecule has 114 valence electrons. The molecule has 0 N–H and O–H groups in total. The Morgan fingerprint density at radius 2 is 2.00 bits per heavy atom. The summed E-state index contributed by atoms with van der Waals surface area (Å²) in [7, 11) is 0. The number of hydrogen-bond acceptors (Lipinski definition) is 4. The highest BCUT2D eigenvalue weighted by Crippen LogP contribution is 2.55. The van der Waals surface area contributed by atoms with Gasteiger partial charge in [-0.3, -0.25) is 4.90 Å². The lowest BCUT2D eigenvalue weighted by Crippen LogP contribution is -2.70. The second-order valence-electron chi connectivity index (χ2n) is 7.36. The molecule has 5 heteroatoms. The Labute approximate surface area is 125 Å². The average Bonchev–Trinajstić information content (AvgIpc) is 2.36. The van der Waals surface area contributed by atoms with Gasteiger partial charge in [0.15, 0.2) is 5.82 Å². The zero-order valence-electron chi connectivity index (χ0n) is 13.2. The van der Waals surface area contributed by atoms with E-state index in [4.69, 9.17) is 4.74 Å². The molecule has 3 fully saturated rings. The van der Waals surface area contributed by atoms with Gasteiger partial charge in [0.05, 0.1) is 0 Å². The molecular weight excluding hydrogens is 266 g/mol. The molecule has 1 amide bonds. The van der Waals surface area contributed by atoms with Crippen LogP contribution in [-0.2, 0) is 10.3 Å². The van der Waals surface area contributed by atoms with E-state index in [1.807, 2.05) is 25.7 Å².